The quantitative estimate of drug-likeness (QED) is 0.738. The number of hydrogen-bond donors (Lipinski definition) is 1. The molecule has 0 amide bonds. The Morgan fingerprint density at radius 2 is 1.96 bits per heavy atom. The smallest absolute Gasteiger partial charge is 0.127 e. The minimum absolute atomic E-state index is 0.249. The maximum absolute atomic E-state index is 14.3. The fourth-order valence-corrected chi connectivity index (χ4v) is 3.79. The Morgan fingerprint density at radius 1 is 1.17 bits per heavy atom. The highest BCUT2D eigenvalue weighted by atomic mass is 32.2. The van der Waals surface area contributed by atoms with E-state index >= 15 is 0 Å². The second-order valence-electron chi connectivity index (χ2n) is 5.84. The first-order valence-corrected chi connectivity index (χ1v) is 9.43. The molecule has 0 saturated carbocycles. The van der Waals surface area contributed by atoms with E-state index in [0.717, 1.165) is 34.1 Å². The molecular formula is C19H20FNOS. The molecule has 1 heterocycles. The van der Waals surface area contributed by atoms with Crippen molar-refractivity contribution < 1.29 is 8.60 Å². The summed E-state index contributed by atoms with van der Waals surface area (Å²) >= 11 is 0. The number of aromatic amines is 1. The van der Waals surface area contributed by atoms with E-state index in [9.17, 15) is 8.60 Å². The van der Waals surface area contributed by atoms with Gasteiger partial charge in [0, 0.05) is 44.8 Å². The van der Waals surface area contributed by atoms with Crippen molar-refractivity contribution in [2.45, 2.75) is 26.0 Å². The Hall–Kier alpha value is -1.94. The van der Waals surface area contributed by atoms with Gasteiger partial charge in [0.15, 0.2) is 0 Å². The molecule has 4 heteroatoms. The average molecular weight is 329 g/mol. The molecule has 3 rings (SSSR count). The Labute approximate surface area is 138 Å². The Bertz CT molecular complexity index is 898. The zero-order chi connectivity index (χ0) is 16.6. The minimum atomic E-state index is -1.05. The molecule has 0 saturated heterocycles. The van der Waals surface area contributed by atoms with Crippen LogP contribution in [-0.2, 0) is 23.0 Å². The van der Waals surface area contributed by atoms with Crippen molar-refractivity contribution in [3.8, 4) is 11.1 Å². The van der Waals surface area contributed by atoms with E-state index in [-0.39, 0.29) is 11.6 Å². The number of rotatable bonds is 4. The van der Waals surface area contributed by atoms with Gasteiger partial charge in [-0.3, -0.25) is 4.21 Å². The van der Waals surface area contributed by atoms with Crippen LogP contribution >= 0.6 is 0 Å². The van der Waals surface area contributed by atoms with Crippen LogP contribution in [-0.4, -0.2) is 15.4 Å². The molecular weight excluding hydrogens is 309 g/mol. The third-order valence-corrected chi connectivity index (χ3v) is 4.91. The van der Waals surface area contributed by atoms with Gasteiger partial charge in [0.25, 0.3) is 0 Å². The van der Waals surface area contributed by atoms with Crippen LogP contribution in [0.5, 0.6) is 0 Å². The van der Waals surface area contributed by atoms with Crippen LogP contribution < -0.4 is 0 Å². The molecule has 1 atom stereocenters. The van der Waals surface area contributed by atoms with Crippen molar-refractivity contribution >= 4 is 21.7 Å². The van der Waals surface area contributed by atoms with Crippen molar-refractivity contribution in [1.82, 2.24) is 4.98 Å². The molecule has 0 radical (unpaired) electrons. The molecule has 0 aliphatic heterocycles. The van der Waals surface area contributed by atoms with Crippen LogP contribution in [0.4, 0.5) is 4.39 Å². The zero-order valence-corrected chi connectivity index (χ0v) is 14.4. The number of H-pyrrole nitrogens is 1. The SMILES string of the molecule is CCc1cccc2c(-c3ccc(CS(C)=O)c(F)c3)c(C)[nH]c12. The molecule has 120 valence electrons. The average Bonchev–Trinajstić information content (AvgIpc) is 2.84. The van der Waals surface area contributed by atoms with Crippen LogP contribution in [0.15, 0.2) is 36.4 Å². The van der Waals surface area contributed by atoms with Crippen LogP contribution in [0.3, 0.4) is 0 Å². The lowest BCUT2D eigenvalue weighted by Crippen LogP contribution is -1.96. The number of fused-ring (bicyclic) bond motifs is 1. The first kappa shape index (κ1) is 15.9. The first-order chi connectivity index (χ1) is 11.0. The van der Waals surface area contributed by atoms with Crippen LogP contribution in [0.1, 0.15) is 23.7 Å². The summed E-state index contributed by atoms with van der Waals surface area (Å²) in [4.78, 5) is 3.44. The first-order valence-electron chi connectivity index (χ1n) is 7.70. The van der Waals surface area contributed by atoms with E-state index < -0.39 is 10.8 Å². The standard InChI is InChI=1S/C19H20FNOS/c1-4-13-6-5-7-16-18(12(2)21-19(13)16)14-8-9-15(11-23(3)22)17(20)10-14/h5-10,21H,4,11H2,1-3H3. The molecule has 2 aromatic carbocycles. The van der Waals surface area contributed by atoms with Gasteiger partial charge in [-0.15, -0.1) is 0 Å². The van der Waals surface area contributed by atoms with Gasteiger partial charge in [0.05, 0.1) is 5.75 Å². The summed E-state index contributed by atoms with van der Waals surface area (Å²) < 4.78 is 25.7. The topological polar surface area (TPSA) is 32.9 Å². The van der Waals surface area contributed by atoms with Crippen LogP contribution in [0.25, 0.3) is 22.0 Å². The van der Waals surface area contributed by atoms with Crippen molar-refractivity contribution in [1.29, 1.82) is 0 Å². The summed E-state index contributed by atoms with van der Waals surface area (Å²) in [6.07, 6.45) is 2.54. The molecule has 1 aromatic heterocycles. The molecule has 23 heavy (non-hydrogen) atoms. The molecule has 1 unspecified atom stereocenters. The van der Waals surface area contributed by atoms with E-state index in [2.05, 4.69) is 24.0 Å². The summed E-state index contributed by atoms with van der Waals surface area (Å²) in [7, 11) is -1.05. The van der Waals surface area contributed by atoms with Gasteiger partial charge in [-0.2, -0.15) is 0 Å². The van der Waals surface area contributed by atoms with E-state index in [1.165, 1.54) is 5.56 Å². The molecule has 0 bridgehead atoms. The number of nitrogens with one attached hydrogen (secondary N) is 1. The van der Waals surface area contributed by atoms with E-state index in [4.69, 9.17) is 0 Å². The Kier molecular flexibility index (Phi) is 4.35. The second kappa shape index (κ2) is 6.28. The lowest BCUT2D eigenvalue weighted by molar-refractivity contribution is 0.616. The predicted molar refractivity (Wildman–Crippen MR) is 95.6 cm³/mol. The number of benzene rings is 2. The van der Waals surface area contributed by atoms with Crippen molar-refractivity contribution in [2.75, 3.05) is 6.26 Å². The fourth-order valence-electron chi connectivity index (χ4n) is 3.11. The molecule has 1 N–H and O–H groups in total. The second-order valence-corrected chi connectivity index (χ2v) is 7.28. The summed E-state index contributed by atoms with van der Waals surface area (Å²) in [6.45, 7) is 4.14. The number of hydrogen-bond acceptors (Lipinski definition) is 1. The summed E-state index contributed by atoms with van der Waals surface area (Å²) in [6, 6.07) is 11.4. The molecule has 0 aliphatic rings. The maximum atomic E-state index is 14.3. The molecule has 3 aromatic rings. The lowest BCUT2D eigenvalue weighted by atomic mass is 9.99. The van der Waals surface area contributed by atoms with Gasteiger partial charge in [-0.05, 0) is 30.5 Å². The third-order valence-electron chi connectivity index (χ3n) is 4.19. The summed E-state index contributed by atoms with van der Waals surface area (Å²) in [5, 5.41) is 1.12. The largest absolute Gasteiger partial charge is 0.358 e. The van der Waals surface area contributed by atoms with E-state index in [1.54, 1.807) is 18.4 Å². The highest BCUT2D eigenvalue weighted by Crippen LogP contribution is 2.34. The Morgan fingerprint density at radius 3 is 2.61 bits per heavy atom. The number of halogens is 1. The van der Waals surface area contributed by atoms with Gasteiger partial charge < -0.3 is 4.98 Å². The number of aromatic nitrogens is 1. The minimum Gasteiger partial charge on any atom is -0.358 e. The van der Waals surface area contributed by atoms with E-state index in [1.807, 2.05) is 19.1 Å². The highest BCUT2D eigenvalue weighted by Gasteiger charge is 2.14. The van der Waals surface area contributed by atoms with Crippen LogP contribution in [0, 0.1) is 12.7 Å². The predicted octanol–water partition coefficient (Wildman–Crippen LogP) is 4.72. The third kappa shape index (κ3) is 2.95. The zero-order valence-electron chi connectivity index (χ0n) is 13.6. The molecule has 0 spiro atoms. The number of para-hydroxylation sites is 1. The molecule has 0 fully saturated rings. The summed E-state index contributed by atoms with van der Waals surface area (Å²) in [5.74, 6) is -0.0445. The number of aryl methyl sites for hydroxylation is 2. The monoisotopic (exact) mass is 329 g/mol. The van der Waals surface area contributed by atoms with Crippen molar-refractivity contribution in [3.63, 3.8) is 0 Å². The fraction of sp³-hybridized carbons (Fsp3) is 0.263. The van der Waals surface area contributed by atoms with Crippen molar-refractivity contribution in [2.24, 2.45) is 0 Å². The summed E-state index contributed by atoms with van der Waals surface area (Å²) in [5.41, 5.74) is 5.81. The normalized spacial score (nSPS) is 12.7. The lowest BCUT2D eigenvalue weighted by Gasteiger charge is -2.06. The molecule has 2 nitrogen and oxygen atoms in total. The van der Waals surface area contributed by atoms with Gasteiger partial charge in [-0.1, -0.05) is 37.3 Å². The van der Waals surface area contributed by atoms with Crippen LogP contribution in [0.2, 0.25) is 0 Å². The highest BCUT2D eigenvalue weighted by molar-refractivity contribution is 7.83. The van der Waals surface area contributed by atoms with Gasteiger partial charge in [0.2, 0.25) is 0 Å². The van der Waals surface area contributed by atoms with Crippen molar-refractivity contribution in [3.05, 3.63) is 59.0 Å². The van der Waals surface area contributed by atoms with Gasteiger partial charge in [0.1, 0.15) is 5.82 Å². The molecule has 0 aliphatic carbocycles. The Balaban J connectivity index is 2.15. The van der Waals surface area contributed by atoms with Gasteiger partial charge in [-0.25, -0.2) is 4.39 Å². The van der Waals surface area contributed by atoms with E-state index in [0.29, 0.717) is 5.56 Å². The van der Waals surface area contributed by atoms with Gasteiger partial charge >= 0.3 is 0 Å². The maximum Gasteiger partial charge on any atom is 0.127 e.